The molecule has 3 aromatic carbocycles. The zero-order valence-corrected chi connectivity index (χ0v) is 12.9. The molecule has 0 heterocycles. The van der Waals surface area contributed by atoms with Gasteiger partial charge in [-0.3, -0.25) is 0 Å². The van der Waals surface area contributed by atoms with Crippen LogP contribution in [0.2, 0.25) is 0 Å². The predicted molar refractivity (Wildman–Crippen MR) is 93.3 cm³/mol. The van der Waals surface area contributed by atoms with Crippen LogP contribution in [0.25, 0.3) is 10.8 Å². The maximum Gasteiger partial charge on any atom is 0.0326 e. The molecule has 3 aromatic rings. The zero-order valence-electron chi connectivity index (χ0n) is 12.9. The minimum Gasteiger partial charge on any atom is -0.313 e. The molecule has 22 heavy (non-hydrogen) atoms. The van der Waals surface area contributed by atoms with Gasteiger partial charge in [0.25, 0.3) is 0 Å². The summed E-state index contributed by atoms with van der Waals surface area (Å²) in [6.07, 6.45) is 2.32. The van der Waals surface area contributed by atoms with Crippen LogP contribution in [0.5, 0.6) is 0 Å². The molecule has 1 nitrogen and oxygen atoms in total. The van der Waals surface area contributed by atoms with Crippen molar-refractivity contribution < 1.29 is 0 Å². The van der Waals surface area contributed by atoms with Gasteiger partial charge >= 0.3 is 0 Å². The lowest BCUT2D eigenvalue weighted by Crippen LogP contribution is -2.13. The highest BCUT2D eigenvalue weighted by Crippen LogP contribution is 2.41. The van der Waals surface area contributed by atoms with Crippen LogP contribution in [0.4, 0.5) is 0 Å². The molecule has 0 saturated carbocycles. The van der Waals surface area contributed by atoms with Gasteiger partial charge in [0.15, 0.2) is 0 Å². The molecule has 0 aromatic heterocycles. The molecular weight excluding hydrogens is 266 g/mol. The fourth-order valence-electron chi connectivity index (χ4n) is 3.86. The van der Waals surface area contributed by atoms with Crippen LogP contribution in [0.15, 0.2) is 66.7 Å². The van der Waals surface area contributed by atoms with Gasteiger partial charge in [0.2, 0.25) is 0 Å². The Morgan fingerprint density at radius 1 is 0.864 bits per heavy atom. The van der Waals surface area contributed by atoms with Crippen molar-refractivity contribution in [1.29, 1.82) is 0 Å². The van der Waals surface area contributed by atoms with Gasteiger partial charge in [-0.2, -0.15) is 0 Å². The van der Waals surface area contributed by atoms with Gasteiger partial charge in [-0.05, 0) is 53.3 Å². The van der Waals surface area contributed by atoms with E-state index in [0.717, 1.165) is 6.42 Å². The predicted octanol–water partition coefficient (Wildman–Crippen LogP) is 4.83. The summed E-state index contributed by atoms with van der Waals surface area (Å²) in [5.74, 6) is 0.620. The average Bonchev–Trinajstić information content (AvgIpc) is 2.93. The number of hydrogen-bond acceptors (Lipinski definition) is 1. The van der Waals surface area contributed by atoms with Crippen LogP contribution in [0.1, 0.15) is 35.1 Å². The number of nitrogens with one attached hydrogen (secondary N) is 1. The van der Waals surface area contributed by atoms with Crippen molar-refractivity contribution in [3.8, 4) is 0 Å². The van der Waals surface area contributed by atoms with Crippen molar-refractivity contribution in [2.24, 2.45) is 0 Å². The van der Waals surface area contributed by atoms with Crippen molar-refractivity contribution in [2.75, 3.05) is 7.05 Å². The van der Waals surface area contributed by atoms with Gasteiger partial charge in [0.05, 0.1) is 0 Å². The van der Waals surface area contributed by atoms with E-state index in [9.17, 15) is 0 Å². The molecule has 0 aliphatic heterocycles. The summed E-state index contributed by atoms with van der Waals surface area (Å²) >= 11 is 0. The number of hydrogen-bond donors (Lipinski definition) is 1. The third kappa shape index (κ3) is 2.32. The second-order valence-corrected chi connectivity index (χ2v) is 6.29. The molecule has 1 heteroatoms. The first-order chi connectivity index (χ1) is 10.8. The van der Waals surface area contributed by atoms with Crippen LogP contribution >= 0.6 is 0 Å². The summed E-state index contributed by atoms with van der Waals surface area (Å²) in [5.41, 5.74) is 4.45. The minimum absolute atomic E-state index is 0.502. The third-order valence-electron chi connectivity index (χ3n) is 4.98. The maximum absolute atomic E-state index is 3.47. The first kappa shape index (κ1) is 13.5. The van der Waals surface area contributed by atoms with Gasteiger partial charge in [-0.15, -0.1) is 0 Å². The number of rotatable bonds is 3. The van der Waals surface area contributed by atoms with E-state index in [4.69, 9.17) is 0 Å². The highest BCUT2D eigenvalue weighted by molar-refractivity contribution is 5.83. The normalized spacial score (nSPS) is 20.2. The highest BCUT2D eigenvalue weighted by Gasteiger charge is 2.29. The Morgan fingerprint density at radius 3 is 2.41 bits per heavy atom. The molecule has 2 unspecified atom stereocenters. The summed E-state index contributed by atoms with van der Waals surface area (Å²) in [5, 5.41) is 6.13. The first-order valence-corrected chi connectivity index (χ1v) is 8.09. The molecule has 0 spiro atoms. The van der Waals surface area contributed by atoms with Gasteiger partial charge in [0.1, 0.15) is 0 Å². The van der Waals surface area contributed by atoms with Crippen molar-refractivity contribution in [2.45, 2.75) is 24.8 Å². The van der Waals surface area contributed by atoms with E-state index in [-0.39, 0.29) is 0 Å². The minimum atomic E-state index is 0.502. The lowest BCUT2D eigenvalue weighted by Gasteiger charge is -2.13. The molecule has 0 radical (unpaired) electrons. The number of fused-ring (bicyclic) bond motifs is 2. The topological polar surface area (TPSA) is 12.0 Å². The van der Waals surface area contributed by atoms with E-state index in [1.54, 1.807) is 0 Å². The van der Waals surface area contributed by atoms with Gasteiger partial charge < -0.3 is 5.32 Å². The Balaban J connectivity index is 1.65. The Labute approximate surface area is 132 Å². The molecule has 1 aliphatic rings. The highest BCUT2D eigenvalue weighted by atomic mass is 14.9. The molecule has 1 aliphatic carbocycles. The summed E-state index contributed by atoms with van der Waals surface area (Å²) in [4.78, 5) is 0. The largest absolute Gasteiger partial charge is 0.313 e. The fraction of sp³-hybridized carbons (Fsp3) is 0.238. The Hall–Kier alpha value is -2.12. The van der Waals surface area contributed by atoms with E-state index >= 15 is 0 Å². The standard InChI is InChI=1S/C21H21N/c1-22-21-14-18(19-8-4-5-9-20(19)21)13-15-10-11-16-6-2-3-7-17(16)12-15/h2-12,18,21-22H,13-14H2,1H3. The lowest BCUT2D eigenvalue weighted by atomic mass is 9.92. The maximum atomic E-state index is 3.47. The van der Waals surface area contributed by atoms with Crippen molar-refractivity contribution in [3.05, 3.63) is 83.4 Å². The molecule has 0 fully saturated rings. The molecular formula is C21H21N. The lowest BCUT2D eigenvalue weighted by molar-refractivity contribution is 0.532. The zero-order chi connectivity index (χ0) is 14.9. The molecule has 4 rings (SSSR count). The van der Waals surface area contributed by atoms with Crippen molar-refractivity contribution in [3.63, 3.8) is 0 Å². The van der Waals surface area contributed by atoms with Crippen molar-refractivity contribution in [1.82, 2.24) is 5.32 Å². The molecule has 1 N–H and O–H groups in total. The Kier molecular flexibility index (Phi) is 3.44. The fourth-order valence-corrected chi connectivity index (χ4v) is 3.86. The van der Waals surface area contributed by atoms with E-state index in [0.29, 0.717) is 12.0 Å². The van der Waals surface area contributed by atoms with E-state index in [2.05, 4.69) is 79.1 Å². The number of benzene rings is 3. The van der Waals surface area contributed by atoms with Crippen LogP contribution in [0.3, 0.4) is 0 Å². The smallest absolute Gasteiger partial charge is 0.0326 e. The summed E-state index contributed by atoms with van der Waals surface area (Å²) in [6.45, 7) is 0. The summed E-state index contributed by atoms with van der Waals surface area (Å²) < 4.78 is 0. The third-order valence-corrected chi connectivity index (χ3v) is 4.98. The van der Waals surface area contributed by atoms with Gasteiger partial charge in [-0.1, -0.05) is 66.7 Å². The van der Waals surface area contributed by atoms with E-state index < -0.39 is 0 Å². The van der Waals surface area contributed by atoms with E-state index in [1.807, 2.05) is 0 Å². The van der Waals surface area contributed by atoms with E-state index in [1.165, 1.54) is 33.9 Å². The van der Waals surface area contributed by atoms with Gasteiger partial charge in [-0.25, -0.2) is 0 Å². The average molecular weight is 287 g/mol. The van der Waals surface area contributed by atoms with Crippen LogP contribution < -0.4 is 5.32 Å². The molecule has 0 bridgehead atoms. The van der Waals surface area contributed by atoms with Crippen LogP contribution in [-0.2, 0) is 6.42 Å². The monoisotopic (exact) mass is 287 g/mol. The van der Waals surface area contributed by atoms with Gasteiger partial charge in [0, 0.05) is 6.04 Å². The Bertz CT molecular complexity index is 806. The summed E-state index contributed by atoms with van der Waals surface area (Å²) in [7, 11) is 2.07. The SMILES string of the molecule is CNC1CC(Cc2ccc3ccccc3c2)c2ccccc21. The van der Waals surface area contributed by atoms with Crippen LogP contribution in [-0.4, -0.2) is 7.05 Å². The van der Waals surface area contributed by atoms with Crippen LogP contribution in [0, 0.1) is 0 Å². The molecule has 110 valence electrons. The second-order valence-electron chi connectivity index (χ2n) is 6.29. The van der Waals surface area contributed by atoms with Crippen molar-refractivity contribution >= 4 is 10.8 Å². The molecule has 2 atom stereocenters. The quantitative estimate of drug-likeness (QED) is 0.727. The molecule has 0 saturated heterocycles. The first-order valence-electron chi connectivity index (χ1n) is 8.09. The Morgan fingerprint density at radius 2 is 1.59 bits per heavy atom. The molecule has 0 amide bonds. The second kappa shape index (κ2) is 5.58. The summed E-state index contributed by atoms with van der Waals surface area (Å²) in [6, 6.07) is 24.9.